The quantitative estimate of drug-likeness (QED) is 0.820. The Labute approximate surface area is 90.7 Å². The Morgan fingerprint density at radius 1 is 1.53 bits per heavy atom. The number of methoxy groups -OCH3 is 1. The third-order valence-corrected chi connectivity index (χ3v) is 3.63. The highest BCUT2D eigenvalue weighted by Gasteiger charge is 2.58. The van der Waals surface area contributed by atoms with Crippen molar-refractivity contribution in [1.29, 1.82) is 0 Å². The van der Waals surface area contributed by atoms with Crippen LogP contribution in [0.1, 0.15) is 25.3 Å². The van der Waals surface area contributed by atoms with Crippen LogP contribution in [-0.4, -0.2) is 18.6 Å². The number of nitrogens with zero attached hydrogens (tertiary/aromatic N) is 1. The van der Waals surface area contributed by atoms with Gasteiger partial charge >= 0.3 is 0 Å². The van der Waals surface area contributed by atoms with Crippen molar-refractivity contribution < 1.29 is 4.74 Å². The predicted octanol–water partition coefficient (Wildman–Crippen LogP) is 1.79. The Hall–Kier alpha value is -1.09. The Kier molecular flexibility index (Phi) is 2.43. The topological polar surface area (TPSA) is 48.1 Å². The molecule has 1 fully saturated rings. The van der Waals surface area contributed by atoms with Crippen molar-refractivity contribution in [3.63, 3.8) is 0 Å². The number of ether oxygens (including phenoxy) is 1. The summed E-state index contributed by atoms with van der Waals surface area (Å²) in [5.41, 5.74) is 7.25. The van der Waals surface area contributed by atoms with Gasteiger partial charge in [-0.15, -0.1) is 0 Å². The fourth-order valence-electron chi connectivity index (χ4n) is 2.61. The van der Waals surface area contributed by atoms with Gasteiger partial charge in [0.05, 0.1) is 7.11 Å². The van der Waals surface area contributed by atoms with E-state index in [9.17, 15) is 0 Å². The highest BCUT2D eigenvalue weighted by Crippen LogP contribution is 2.64. The molecular formula is C12H18N2O. The minimum absolute atomic E-state index is 0.283. The second-order valence-electron chi connectivity index (χ2n) is 4.74. The summed E-state index contributed by atoms with van der Waals surface area (Å²) in [5, 5.41) is 0. The van der Waals surface area contributed by atoms with Gasteiger partial charge < -0.3 is 10.5 Å². The van der Waals surface area contributed by atoms with Gasteiger partial charge in [-0.25, -0.2) is 4.98 Å². The molecule has 1 heterocycles. The van der Waals surface area contributed by atoms with Gasteiger partial charge in [0.2, 0.25) is 5.88 Å². The first-order valence-electron chi connectivity index (χ1n) is 5.32. The van der Waals surface area contributed by atoms with E-state index in [0.29, 0.717) is 11.8 Å². The van der Waals surface area contributed by atoms with Gasteiger partial charge in [0.15, 0.2) is 0 Å². The van der Waals surface area contributed by atoms with Gasteiger partial charge in [-0.2, -0.15) is 0 Å². The lowest BCUT2D eigenvalue weighted by molar-refractivity contribution is 0.390. The van der Waals surface area contributed by atoms with E-state index in [4.69, 9.17) is 10.5 Å². The van der Waals surface area contributed by atoms with Crippen molar-refractivity contribution in [2.75, 3.05) is 13.7 Å². The summed E-state index contributed by atoms with van der Waals surface area (Å²) in [5.74, 6) is 1.79. The molecule has 82 valence electrons. The molecule has 1 saturated carbocycles. The van der Waals surface area contributed by atoms with E-state index in [1.807, 2.05) is 6.07 Å². The molecule has 15 heavy (non-hydrogen) atoms. The fourth-order valence-corrected chi connectivity index (χ4v) is 2.61. The third-order valence-electron chi connectivity index (χ3n) is 3.63. The van der Waals surface area contributed by atoms with Crippen LogP contribution < -0.4 is 10.5 Å². The van der Waals surface area contributed by atoms with E-state index >= 15 is 0 Å². The Balaban J connectivity index is 2.32. The molecule has 0 saturated heterocycles. The molecule has 0 radical (unpaired) electrons. The van der Waals surface area contributed by atoms with Crippen LogP contribution in [0.2, 0.25) is 0 Å². The second kappa shape index (κ2) is 3.49. The molecule has 2 N–H and O–H groups in total. The largest absolute Gasteiger partial charge is 0.481 e. The van der Waals surface area contributed by atoms with Crippen LogP contribution in [0.3, 0.4) is 0 Å². The normalized spacial score (nSPS) is 27.5. The number of pyridine rings is 1. The standard InChI is InChI=1S/C12H18N2O/c1-12(2)9(7-13)10(12)8-5-4-6-14-11(8)15-3/h4-6,9-10H,7,13H2,1-3H3/t9-,10-/m0/s1. The van der Waals surface area contributed by atoms with Crippen LogP contribution in [0.4, 0.5) is 0 Å². The van der Waals surface area contributed by atoms with E-state index in [-0.39, 0.29) is 5.41 Å². The van der Waals surface area contributed by atoms with Gasteiger partial charge in [-0.1, -0.05) is 19.9 Å². The zero-order valence-electron chi connectivity index (χ0n) is 9.53. The minimum atomic E-state index is 0.283. The zero-order valence-corrected chi connectivity index (χ0v) is 9.53. The summed E-state index contributed by atoms with van der Waals surface area (Å²) in [6.07, 6.45) is 1.76. The van der Waals surface area contributed by atoms with E-state index in [1.165, 1.54) is 5.56 Å². The molecule has 0 spiro atoms. The van der Waals surface area contributed by atoms with Gasteiger partial charge in [0, 0.05) is 11.8 Å². The number of nitrogens with two attached hydrogens (primary N) is 1. The first kappa shape index (κ1) is 10.4. The third kappa shape index (κ3) is 1.51. The lowest BCUT2D eigenvalue weighted by atomic mass is 10.0. The smallest absolute Gasteiger partial charge is 0.216 e. The molecule has 1 aromatic rings. The molecule has 3 nitrogen and oxygen atoms in total. The maximum atomic E-state index is 5.77. The highest BCUT2D eigenvalue weighted by molar-refractivity contribution is 5.38. The number of hydrogen-bond acceptors (Lipinski definition) is 3. The molecular weight excluding hydrogens is 188 g/mol. The molecule has 2 atom stereocenters. The first-order valence-corrected chi connectivity index (χ1v) is 5.32. The van der Waals surface area contributed by atoms with Gasteiger partial charge in [-0.05, 0) is 29.9 Å². The lowest BCUT2D eigenvalue weighted by Crippen LogP contribution is -2.05. The summed E-state index contributed by atoms with van der Waals surface area (Å²) in [6.45, 7) is 5.24. The predicted molar refractivity (Wildman–Crippen MR) is 59.9 cm³/mol. The van der Waals surface area contributed by atoms with E-state index in [0.717, 1.165) is 12.4 Å². The number of aromatic nitrogens is 1. The van der Waals surface area contributed by atoms with Gasteiger partial charge in [-0.3, -0.25) is 0 Å². The average Bonchev–Trinajstić information content (AvgIpc) is 2.80. The van der Waals surface area contributed by atoms with Crippen LogP contribution >= 0.6 is 0 Å². The monoisotopic (exact) mass is 206 g/mol. The molecule has 3 heteroatoms. The molecule has 0 bridgehead atoms. The number of hydrogen-bond donors (Lipinski definition) is 1. The average molecular weight is 206 g/mol. The summed E-state index contributed by atoms with van der Waals surface area (Å²) >= 11 is 0. The van der Waals surface area contributed by atoms with Gasteiger partial charge in [0.25, 0.3) is 0 Å². The van der Waals surface area contributed by atoms with Crippen LogP contribution in [0.25, 0.3) is 0 Å². The molecule has 0 aliphatic heterocycles. The molecule has 0 amide bonds. The molecule has 1 aliphatic rings. The zero-order chi connectivity index (χ0) is 11.1. The maximum Gasteiger partial charge on any atom is 0.216 e. The second-order valence-corrected chi connectivity index (χ2v) is 4.74. The molecule has 0 aromatic carbocycles. The Bertz CT molecular complexity index is 362. The van der Waals surface area contributed by atoms with Crippen LogP contribution in [-0.2, 0) is 0 Å². The summed E-state index contributed by atoms with van der Waals surface area (Å²) in [4.78, 5) is 4.23. The van der Waals surface area contributed by atoms with E-state index in [2.05, 4.69) is 24.9 Å². The van der Waals surface area contributed by atoms with E-state index in [1.54, 1.807) is 13.3 Å². The van der Waals surface area contributed by atoms with Crippen molar-refractivity contribution in [3.8, 4) is 5.88 Å². The Morgan fingerprint density at radius 3 is 2.80 bits per heavy atom. The summed E-state index contributed by atoms with van der Waals surface area (Å²) < 4.78 is 5.28. The highest BCUT2D eigenvalue weighted by atomic mass is 16.5. The maximum absolute atomic E-state index is 5.77. The summed E-state index contributed by atoms with van der Waals surface area (Å²) in [6, 6.07) is 4.05. The van der Waals surface area contributed by atoms with Crippen LogP contribution in [0.5, 0.6) is 5.88 Å². The minimum Gasteiger partial charge on any atom is -0.481 e. The lowest BCUT2D eigenvalue weighted by Gasteiger charge is -2.07. The van der Waals surface area contributed by atoms with Crippen LogP contribution in [0.15, 0.2) is 18.3 Å². The van der Waals surface area contributed by atoms with Gasteiger partial charge in [0.1, 0.15) is 0 Å². The van der Waals surface area contributed by atoms with Crippen molar-refractivity contribution >= 4 is 0 Å². The molecule has 0 unspecified atom stereocenters. The van der Waals surface area contributed by atoms with Crippen molar-refractivity contribution in [2.45, 2.75) is 19.8 Å². The van der Waals surface area contributed by atoms with Crippen molar-refractivity contribution in [2.24, 2.45) is 17.1 Å². The Morgan fingerprint density at radius 2 is 2.27 bits per heavy atom. The van der Waals surface area contributed by atoms with Crippen LogP contribution in [0, 0.1) is 11.3 Å². The number of rotatable bonds is 3. The van der Waals surface area contributed by atoms with E-state index < -0.39 is 0 Å². The van der Waals surface area contributed by atoms with Crippen molar-refractivity contribution in [3.05, 3.63) is 23.9 Å². The first-order chi connectivity index (χ1) is 7.12. The molecule has 2 rings (SSSR count). The molecule has 1 aliphatic carbocycles. The van der Waals surface area contributed by atoms with Crippen molar-refractivity contribution in [1.82, 2.24) is 4.98 Å². The SMILES string of the molecule is COc1ncccc1[C@H]1[C@H](CN)C1(C)C. The molecule has 1 aromatic heterocycles. The summed E-state index contributed by atoms with van der Waals surface area (Å²) in [7, 11) is 1.67. The fraction of sp³-hybridized carbons (Fsp3) is 0.583.